The van der Waals surface area contributed by atoms with Gasteiger partial charge in [0, 0.05) is 24.6 Å². The third kappa shape index (κ3) is 2.35. The van der Waals surface area contributed by atoms with Crippen LogP contribution in [0.4, 0.5) is 4.39 Å². The van der Waals surface area contributed by atoms with Gasteiger partial charge in [-0.2, -0.15) is 0 Å². The standard InChI is InChI=1S/C17H16FNO.ClH/c18-16-7-2-1-4-13(16)11-5-3-6-12-14-8-19-9-17(14)20-10-15(11)12;/h1-7,14,17,19H,8-10H2;1H/t14-,17-;/m0./s1. The maximum absolute atomic E-state index is 14.1. The lowest BCUT2D eigenvalue weighted by atomic mass is 9.85. The molecule has 2 aliphatic heterocycles. The van der Waals surface area contributed by atoms with Crippen LogP contribution in [-0.4, -0.2) is 19.2 Å². The topological polar surface area (TPSA) is 21.3 Å². The van der Waals surface area contributed by atoms with Crippen molar-refractivity contribution < 1.29 is 9.13 Å². The van der Waals surface area contributed by atoms with E-state index in [0.29, 0.717) is 18.1 Å². The summed E-state index contributed by atoms with van der Waals surface area (Å²) in [4.78, 5) is 0. The lowest BCUT2D eigenvalue weighted by molar-refractivity contribution is 0.0302. The summed E-state index contributed by atoms with van der Waals surface area (Å²) in [6.45, 7) is 2.43. The van der Waals surface area contributed by atoms with Crippen LogP contribution < -0.4 is 5.32 Å². The molecule has 2 nitrogen and oxygen atoms in total. The van der Waals surface area contributed by atoms with E-state index >= 15 is 0 Å². The maximum Gasteiger partial charge on any atom is 0.131 e. The van der Waals surface area contributed by atoms with Gasteiger partial charge in [-0.05, 0) is 22.8 Å². The molecule has 4 rings (SSSR count). The monoisotopic (exact) mass is 305 g/mol. The van der Waals surface area contributed by atoms with E-state index < -0.39 is 0 Å². The van der Waals surface area contributed by atoms with Crippen molar-refractivity contribution in [2.24, 2.45) is 0 Å². The predicted molar refractivity (Wildman–Crippen MR) is 83.3 cm³/mol. The van der Waals surface area contributed by atoms with Gasteiger partial charge in [0.15, 0.2) is 0 Å². The second-order valence-electron chi connectivity index (χ2n) is 5.47. The third-order valence-electron chi connectivity index (χ3n) is 4.38. The molecule has 1 fully saturated rings. The molecule has 0 bridgehead atoms. The minimum absolute atomic E-state index is 0. The first-order chi connectivity index (χ1) is 9.84. The van der Waals surface area contributed by atoms with Gasteiger partial charge in [-0.3, -0.25) is 0 Å². The SMILES string of the molecule is Cl.Fc1ccccc1-c1cccc2c1CO[C@H]1CNC[C@@H]21. The number of hydrogen-bond acceptors (Lipinski definition) is 2. The molecule has 0 aliphatic carbocycles. The minimum atomic E-state index is -0.174. The highest BCUT2D eigenvalue weighted by Crippen LogP contribution is 2.38. The van der Waals surface area contributed by atoms with E-state index in [-0.39, 0.29) is 24.3 Å². The lowest BCUT2D eigenvalue weighted by Crippen LogP contribution is -2.27. The normalized spacial score (nSPS) is 23.1. The van der Waals surface area contributed by atoms with E-state index in [4.69, 9.17) is 4.74 Å². The fourth-order valence-corrected chi connectivity index (χ4v) is 3.38. The first-order valence-corrected chi connectivity index (χ1v) is 7.03. The van der Waals surface area contributed by atoms with Crippen molar-refractivity contribution in [3.05, 3.63) is 59.4 Å². The van der Waals surface area contributed by atoms with E-state index in [1.165, 1.54) is 11.6 Å². The van der Waals surface area contributed by atoms with Crippen molar-refractivity contribution in [1.29, 1.82) is 0 Å². The summed E-state index contributed by atoms with van der Waals surface area (Å²) < 4.78 is 20.0. The van der Waals surface area contributed by atoms with Gasteiger partial charge < -0.3 is 10.1 Å². The van der Waals surface area contributed by atoms with E-state index in [1.807, 2.05) is 24.3 Å². The van der Waals surface area contributed by atoms with Crippen LogP contribution in [0.5, 0.6) is 0 Å². The number of benzene rings is 2. The van der Waals surface area contributed by atoms with E-state index in [9.17, 15) is 4.39 Å². The first kappa shape index (κ1) is 14.5. The predicted octanol–water partition coefficient (Wildman–Crippen LogP) is 3.50. The Morgan fingerprint density at radius 3 is 2.67 bits per heavy atom. The van der Waals surface area contributed by atoms with Crippen molar-refractivity contribution in [2.45, 2.75) is 18.6 Å². The van der Waals surface area contributed by atoms with E-state index in [0.717, 1.165) is 24.2 Å². The molecular formula is C17H17ClFNO. The van der Waals surface area contributed by atoms with Crippen LogP contribution in [0.1, 0.15) is 17.0 Å². The van der Waals surface area contributed by atoms with Crippen LogP contribution in [0.15, 0.2) is 42.5 Å². The van der Waals surface area contributed by atoms with Gasteiger partial charge in [-0.15, -0.1) is 12.4 Å². The second-order valence-corrected chi connectivity index (χ2v) is 5.47. The van der Waals surface area contributed by atoms with Crippen molar-refractivity contribution in [3.8, 4) is 11.1 Å². The molecule has 0 amide bonds. The fourth-order valence-electron chi connectivity index (χ4n) is 3.38. The molecule has 1 saturated heterocycles. The van der Waals surface area contributed by atoms with Gasteiger partial charge >= 0.3 is 0 Å². The number of halogens is 2. The molecule has 0 unspecified atom stereocenters. The van der Waals surface area contributed by atoms with Crippen LogP contribution in [0, 0.1) is 5.82 Å². The average molecular weight is 306 g/mol. The zero-order chi connectivity index (χ0) is 13.5. The molecule has 2 aromatic rings. The van der Waals surface area contributed by atoms with Crippen molar-refractivity contribution in [3.63, 3.8) is 0 Å². The lowest BCUT2D eigenvalue weighted by Gasteiger charge is -2.29. The molecule has 4 heteroatoms. The maximum atomic E-state index is 14.1. The molecule has 0 saturated carbocycles. The number of nitrogens with one attached hydrogen (secondary N) is 1. The summed E-state index contributed by atoms with van der Waals surface area (Å²) in [7, 11) is 0. The summed E-state index contributed by atoms with van der Waals surface area (Å²) in [5, 5.41) is 3.38. The van der Waals surface area contributed by atoms with Crippen molar-refractivity contribution >= 4 is 12.4 Å². The second kappa shape index (κ2) is 5.76. The molecule has 2 heterocycles. The summed E-state index contributed by atoms with van der Waals surface area (Å²) >= 11 is 0. The Morgan fingerprint density at radius 1 is 1.00 bits per heavy atom. The zero-order valence-corrected chi connectivity index (χ0v) is 12.3. The summed E-state index contributed by atoms with van der Waals surface area (Å²) in [6, 6.07) is 13.1. The Balaban J connectivity index is 0.00000132. The smallest absolute Gasteiger partial charge is 0.131 e. The molecule has 110 valence electrons. The quantitative estimate of drug-likeness (QED) is 0.870. The molecule has 2 aromatic carbocycles. The molecule has 0 spiro atoms. The third-order valence-corrected chi connectivity index (χ3v) is 4.38. The number of fused-ring (bicyclic) bond motifs is 3. The van der Waals surface area contributed by atoms with Gasteiger partial charge in [0.25, 0.3) is 0 Å². The summed E-state index contributed by atoms with van der Waals surface area (Å²) in [6.07, 6.45) is 0.262. The van der Waals surface area contributed by atoms with Crippen LogP contribution in [0.25, 0.3) is 11.1 Å². The van der Waals surface area contributed by atoms with E-state index in [2.05, 4.69) is 11.4 Å². The number of rotatable bonds is 1. The Morgan fingerprint density at radius 2 is 1.81 bits per heavy atom. The molecule has 0 radical (unpaired) electrons. The molecular weight excluding hydrogens is 289 g/mol. The van der Waals surface area contributed by atoms with Crippen LogP contribution in [-0.2, 0) is 11.3 Å². The zero-order valence-electron chi connectivity index (χ0n) is 11.5. The summed E-state index contributed by atoms with van der Waals surface area (Å²) in [5.74, 6) is 0.220. The van der Waals surface area contributed by atoms with Crippen LogP contribution in [0.3, 0.4) is 0 Å². The van der Waals surface area contributed by atoms with Gasteiger partial charge in [0.2, 0.25) is 0 Å². The van der Waals surface area contributed by atoms with Gasteiger partial charge in [-0.1, -0.05) is 36.4 Å². The van der Waals surface area contributed by atoms with Crippen LogP contribution in [0.2, 0.25) is 0 Å². The number of hydrogen-bond donors (Lipinski definition) is 1. The minimum Gasteiger partial charge on any atom is -0.371 e. The van der Waals surface area contributed by atoms with Gasteiger partial charge in [0.05, 0.1) is 12.7 Å². The van der Waals surface area contributed by atoms with Crippen molar-refractivity contribution in [1.82, 2.24) is 5.32 Å². The highest BCUT2D eigenvalue weighted by molar-refractivity contribution is 5.85. The van der Waals surface area contributed by atoms with Gasteiger partial charge in [0.1, 0.15) is 5.82 Å². The highest BCUT2D eigenvalue weighted by atomic mass is 35.5. The molecule has 1 N–H and O–H groups in total. The number of ether oxygens (including phenoxy) is 1. The molecule has 2 atom stereocenters. The fraction of sp³-hybridized carbons (Fsp3) is 0.294. The highest BCUT2D eigenvalue weighted by Gasteiger charge is 2.35. The van der Waals surface area contributed by atoms with Crippen LogP contribution >= 0.6 is 12.4 Å². The largest absolute Gasteiger partial charge is 0.371 e. The summed E-state index contributed by atoms with van der Waals surface area (Å²) in [5.41, 5.74) is 4.08. The molecule has 0 aromatic heterocycles. The average Bonchev–Trinajstić information content (AvgIpc) is 2.96. The Bertz CT molecular complexity index is 661. The van der Waals surface area contributed by atoms with E-state index in [1.54, 1.807) is 6.07 Å². The Hall–Kier alpha value is -1.42. The van der Waals surface area contributed by atoms with Crippen molar-refractivity contribution in [2.75, 3.05) is 13.1 Å². The first-order valence-electron chi connectivity index (χ1n) is 7.03. The Kier molecular flexibility index (Phi) is 3.98. The Labute approximate surface area is 129 Å². The van der Waals surface area contributed by atoms with Gasteiger partial charge in [-0.25, -0.2) is 4.39 Å². The molecule has 2 aliphatic rings. The molecule has 21 heavy (non-hydrogen) atoms.